The summed E-state index contributed by atoms with van der Waals surface area (Å²) in [5.74, 6) is 0.941. The number of aryl methyl sites for hydroxylation is 1. The summed E-state index contributed by atoms with van der Waals surface area (Å²) in [5, 5.41) is 5.58. The monoisotopic (exact) mass is 289 g/mol. The summed E-state index contributed by atoms with van der Waals surface area (Å²) in [6, 6.07) is 13.2. The zero-order valence-corrected chi connectivity index (χ0v) is 13.1. The van der Waals surface area contributed by atoms with E-state index < -0.39 is 0 Å². The SMILES string of the molecule is CNC(CCCc1cccs1)Cc1cccc(OC)c1. The van der Waals surface area contributed by atoms with E-state index in [0.29, 0.717) is 6.04 Å². The predicted molar refractivity (Wildman–Crippen MR) is 86.8 cm³/mol. The summed E-state index contributed by atoms with van der Waals surface area (Å²) in [6.07, 6.45) is 4.67. The Morgan fingerprint density at radius 1 is 1.25 bits per heavy atom. The van der Waals surface area contributed by atoms with Crippen molar-refractivity contribution < 1.29 is 4.74 Å². The third-order valence-electron chi connectivity index (χ3n) is 3.58. The van der Waals surface area contributed by atoms with Gasteiger partial charge in [-0.1, -0.05) is 18.2 Å². The van der Waals surface area contributed by atoms with E-state index >= 15 is 0 Å². The molecule has 20 heavy (non-hydrogen) atoms. The molecule has 108 valence electrons. The lowest BCUT2D eigenvalue weighted by atomic mass is 10.0. The maximum Gasteiger partial charge on any atom is 0.119 e. The number of likely N-dealkylation sites (N-methyl/N-ethyl adjacent to an activating group) is 1. The minimum atomic E-state index is 0.530. The van der Waals surface area contributed by atoms with Crippen LogP contribution in [-0.4, -0.2) is 20.2 Å². The molecule has 1 unspecified atom stereocenters. The second kappa shape index (κ2) is 8.08. The van der Waals surface area contributed by atoms with E-state index in [1.54, 1.807) is 7.11 Å². The van der Waals surface area contributed by atoms with E-state index in [-0.39, 0.29) is 0 Å². The Morgan fingerprint density at radius 3 is 2.85 bits per heavy atom. The molecule has 0 amide bonds. The van der Waals surface area contributed by atoms with E-state index in [9.17, 15) is 0 Å². The highest BCUT2D eigenvalue weighted by molar-refractivity contribution is 7.09. The Hall–Kier alpha value is -1.32. The number of methoxy groups -OCH3 is 1. The van der Waals surface area contributed by atoms with E-state index in [0.717, 1.165) is 12.2 Å². The average Bonchev–Trinajstić information content (AvgIpc) is 2.99. The molecule has 0 saturated heterocycles. The van der Waals surface area contributed by atoms with Crippen molar-refractivity contribution in [3.63, 3.8) is 0 Å². The standard InChI is InChI=1S/C17H23NOS/c1-18-15(7-4-9-17-10-5-11-20-17)12-14-6-3-8-16(13-14)19-2/h3,5-6,8,10-11,13,15,18H,4,7,9,12H2,1-2H3. The normalized spacial score (nSPS) is 12.3. The highest BCUT2D eigenvalue weighted by Gasteiger charge is 2.08. The Balaban J connectivity index is 1.81. The van der Waals surface area contributed by atoms with Crippen LogP contribution in [0.2, 0.25) is 0 Å². The lowest BCUT2D eigenvalue weighted by Gasteiger charge is -2.16. The first-order valence-corrected chi connectivity index (χ1v) is 8.02. The van der Waals surface area contributed by atoms with Gasteiger partial charge < -0.3 is 10.1 Å². The summed E-state index contributed by atoms with van der Waals surface area (Å²) < 4.78 is 5.28. The van der Waals surface area contributed by atoms with Crippen LogP contribution in [0.1, 0.15) is 23.3 Å². The van der Waals surface area contributed by atoms with Crippen LogP contribution in [0, 0.1) is 0 Å². The van der Waals surface area contributed by atoms with Crippen LogP contribution >= 0.6 is 11.3 Å². The first-order valence-electron chi connectivity index (χ1n) is 7.14. The molecule has 0 aliphatic rings. The molecule has 0 aliphatic heterocycles. The zero-order chi connectivity index (χ0) is 14.2. The molecule has 1 heterocycles. The van der Waals surface area contributed by atoms with Crippen molar-refractivity contribution in [2.24, 2.45) is 0 Å². The minimum Gasteiger partial charge on any atom is -0.497 e. The number of hydrogen-bond donors (Lipinski definition) is 1. The fourth-order valence-electron chi connectivity index (χ4n) is 2.41. The highest BCUT2D eigenvalue weighted by Crippen LogP contribution is 2.17. The molecule has 0 saturated carbocycles. The molecule has 1 aromatic heterocycles. The maximum absolute atomic E-state index is 5.28. The van der Waals surface area contributed by atoms with Gasteiger partial charge in [-0.2, -0.15) is 0 Å². The van der Waals surface area contributed by atoms with Crippen LogP contribution < -0.4 is 10.1 Å². The third-order valence-corrected chi connectivity index (χ3v) is 4.52. The molecule has 0 spiro atoms. The zero-order valence-electron chi connectivity index (χ0n) is 12.3. The van der Waals surface area contributed by atoms with Crippen LogP contribution in [0.4, 0.5) is 0 Å². The maximum atomic E-state index is 5.28. The van der Waals surface area contributed by atoms with E-state index in [2.05, 4.69) is 48.1 Å². The number of hydrogen-bond acceptors (Lipinski definition) is 3. The topological polar surface area (TPSA) is 21.3 Å². The molecule has 0 fully saturated rings. The number of nitrogens with one attached hydrogen (secondary N) is 1. The summed E-state index contributed by atoms with van der Waals surface area (Å²) in [5.41, 5.74) is 1.33. The van der Waals surface area contributed by atoms with Gasteiger partial charge in [-0.25, -0.2) is 0 Å². The quantitative estimate of drug-likeness (QED) is 0.795. The van der Waals surface area contributed by atoms with Crippen molar-refractivity contribution in [3.8, 4) is 5.75 Å². The average molecular weight is 289 g/mol. The van der Waals surface area contributed by atoms with Crippen LogP contribution in [0.5, 0.6) is 5.75 Å². The second-order valence-corrected chi connectivity index (χ2v) is 6.05. The molecule has 1 N–H and O–H groups in total. The van der Waals surface area contributed by atoms with Crippen molar-refractivity contribution in [1.82, 2.24) is 5.32 Å². The fourth-order valence-corrected chi connectivity index (χ4v) is 3.16. The van der Waals surface area contributed by atoms with Crippen molar-refractivity contribution in [1.29, 1.82) is 0 Å². The van der Waals surface area contributed by atoms with Crippen LogP contribution in [0.15, 0.2) is 41.8 Å². The molecule has 1 aromatic carbocycles. The van der Waals surface area contributed by atoms with Gasteiger partial charge in [-0.3, -0.25) is 0 Å². The van der Waals surface area contributed by atoms with Crippen LogP contribution in [0.25, 0.3) is 0 Å². The second-order valence-electron chi connectivity index (χ2n) is 5.01. The third kappa shape index (κ3) is 4.66. The van der Waals surface area contributed by atoms with Gasteiger partial charge in [0.05, 0.1) is 7.11 Å². The summed E-state index contributed by atoms with van der Waals surface area (Å²) in [6.45, 7) is 0. The smallest absolute Gasteiger partial charge is 0.119 e. The number of benzene rings is 1. The van der Waals surface area contributed by atoms with Crippen LogP contribution in [-0.2, 0) is 12.8 Å². The lowest BCUT2D eigenvalue weighted by Crippen LogP contribution is -2.27. The van der Waals surface area contributed by atoms with Crippen LogP contribution in [0.3, 0.4) is 0 Å². The van der Waals surface area contributed by atoms with Crippen molar-refractivity contribution in [2.75, 3.05) is 14.2 Å². The van der Waals surface area contributed by atoms with E-state index in [4.69, 9.17) is 4.74 Å². The number of thiophene rings is 1. The molecule has 2 rings (SSSR count). The molecule has 2 nitrogen and oxygen atoms in total. The summed E-state index contributed by atoms with van der Waals surface area (Å²) in [7, 11) is 3.77. The largest absolute Gasteiger partial charge is 0.497 e. The van der Waals surface area contributed by atoms with Crippen molar-refractivity contribution in [2.45, 2.75) is 31.7 Å². The molecule has 0 bridgehead atoms. The molecular formula is C17H23NOS. The molecule has 1 atom stereocenters. The van der Waals surface area contributed by atoms with Gasteiger partial charge in [0.2, 0.25) is 0 Å². The molecule has 0 radical (unpaired) electrons. The minimum absolute atomic E-state index is 0.530. The van der Waals surface area contributed by atoms with Gasteiger partial charge in [0.25, 0.3) is 0 Å². The molecular weight excluding hydrogens is 266 g/mol. The predicted octanol–water partition coefficient (Wildman–Crippen LogP) is 3.91. The molecule has 2 aromatic rings. The number of rotatable bonds is 8. The van der Waals surface area contributed by atoms with Gasteiger partial charge in [-0.15, -0.1) is 11.3 Å². The molecule has 3 heteroatoms. The van der Waals surface area contributed by atoms with Gasteiger partial charge in [-0.05, 0) is 61.9 Å². The first-order chi connectivity index (χ1) is 9.81. The van der Waals surface area contributed by atoms with Gasteiger partial charge in [0.1, 0.15) is 5.75 Å². The molecule has 0 aliphatic carbocycles. The van der Waals surface area contributed by atoms with Crippen molar-refractivity contribution in [3.05, 3.63) is 52.2 Å². The van der Waals surface area contributed by atoms with Crippen molar-refractivity contribution >= 4 is 11.3 Å². The van der Waals surface area contributed by atoms with E-state index in [1.807, 2.05) is 17.4 Å². The summed E-state index contributed by atoms with van der Waals surface area (Å²) in [4.78, 5) is 1.49. The highest BCUT2D eigenvalue weighted by atomic mass is 32.1. The lowest BCUT2D eigenvalue weighted by molar-refractivity contribution is 0.413. The fraction of sp³-hybridized carbons (Fsp3) is 0.412. The first kappa shape index (κ1) is 15.1. The Kier molecular flexibility index (Phi) is 6.09. The van der Waals surface area contributed by atoms with Gasteiger partial charge in [0, 0.05) is 10.9 Å². The Bertz CT molecular complexity index is 495. The van der Waals surface area contributed by atoms with Gasteiger partial charge in [0.15, 0.2) is 0 Å². The Morgan fingerprint density at radius 2 is 2.15 bits per heavy atom. The number of ether oxygens (including phenoxy) is 1. The van der Waals surface area contributed by atoms with Gasteiger partial charge >= 0.3 is 0 Å². The Labute approximate surface area is 125 Å². The van der Waals surface area contributed by atoms with E-state index in [1.165, 1.54) is 29.7 Å². The summed E-state index contributed by atoms with van der Waals surface area (Å²) >= 11 is 1.85.